The van der Waals surface area contributed by atoms with E-state index in [1.165, 1.54) is 53.1 Å². The predicted octanol–water partition coefficient (Wildman–Crippen LogP) is 4.72. The van der Waals surface area contributed by atoms with Gasteiger partial charge in [0.2, 0.25) is 17.7 Å². The van der Waals surface area contributed by atoms with Crippen LogP contribution >= 0.6 is 39.0 Å². The first-order valence-corrected chi connectivity index (χ1v) is 15.0. The van der Waals surface area contributed by atoms with Gasteiger partial charge in [0, 0.05) is 33.1 Å². The number of fused-ring (bicyclic) bond motifs is 2. The van der Waals surface area contributed by atoms with Crippen LogP contribution in [0.2, 0.25) is 0 Å². The molecule has 0 aliphatic carbocycles. The maximum Gasteiger partial charge on any atom is 0.308 e. The van der Waals surface area contributed by atoms with E-state index in [-0.39, 0.29) is 23.7 Å². The number of non-ortho nitro benzene ring substituents is 1. The van der Waals surface area contributed by atoms with Gasteiger partial charge < -0.3 is 10.4 Å². The highest BCUT2D eigenvalue weighted by molar-refractivity contribution is 9.10. The number of aromatic hydroxyl groups is 1. The van der Waals surface area contributed by atoms with Crippen LogP contribution in [-0.4, -0.2) is 37.6 Å². The zero-order valence-electron chi connectivity index (χ0n) is 21.3. The van der Waals surface area contributed by atoms with Gasteiger partial charge in [-0.15, -0.1) is 0 Å². The van der Waals surface area contributed by atoms with Gasteiger partial charge in [0.25, 0.3) is 5.69 Å². The molecular formula is C28H19BrN4O7S2. The highest BCUT2D eigenvalue weighted by Crippen LogP contribution is 2.54. The van der Waals surface area contributed by atoms with Crippen LogP contribution in [-0.2, 0) is 20.9 Å². The normalized spacial score (nSPS) is 19.4. The molecule has 2 unspecified atom stereocenters. The third-order valence-electron chi connectivity index (χ3n) is 7.03. The van der Waals surface area contributed by atoms with E-state index in [2.05, 4.69) is 21.2 Å². The van der Waals surface area contributed by atoms with E-state index >= 15 is 0 Å². The molecule has 1 aromatic heterocycles. The van der Waals surface area contributed by atoms with Crippen LogP contribution in [0.15, 0.2) is 87.1 Å². The lowest BCUT2D eigenvalue weighted by Crippen LogP contribution is -2.33. The molecule has 0 spiro atoms. The second-order valence-corrected chi connectivity index (χ2v) is 12.6. The average Bonchev–Trinajstić information content (AvgIpc) is 3.40. The smallest absolute Gasteiger partial charge is 0.308 e. The van der Waals surface area contributed by atoms with Gasteiger partial charge in [-0.05, 0) is 54.1 Å². The van der Waals surface area contributed by atoms with Crippen LogP contribution in [0, 0.1) is 16.0 Å². The van der Waals surface area contributed by atoms with Crippen molar-refractivity contribution < 1.29 is 24.4 Å². The number of amides is 3. The van der Waals surface area contributed by atoms with E-state index in [0.29, 0.717) is 15.6 Å². The molecule has 1 saturated heterocycles. The number of nitrogens with zero attached hydrogens (tertiary/aromatic N) is 3. The zero-order chi connectivity index (χ0) is 29.7. The second kappa shape index (κ2) is 10.9. The Morgan fingerprint density at radius 1 is 1.02 bits per heavy atom. The maximum absolute atomic E-state index is 13.9. The molecule has 2 aliphatic rings. The lowest BCUT2D eigenvalue weighted by atomic mass is 9.83. The summed E-state index contributed by atoms with van der Waals surface area (Å²) in [5, 5.41) is 22.9. The van der Waals surface area contributed by atoms with Crippen molar-refractivity contribution in [2.75, 3.05) is 10.2 Å². The number of nitro groups is 1. The van der Waals surface area contributed by atoms with Gasteiger partial charge in [-0.25, -0.2) is 4.90 Å². The molecule has 6 rings (SSSR count). The van der Waals surface area contributed by atoms with Gasteiger partial charge in [0.05, 0.1) is 21.6 Å². The van der Waals surface area contributed by atoms with Crippen LogP contribution in [0.25, 0.3) is 0 Å². The minimum atomic E-state index is -0.899. The van der Waals surface area contributed by atoms with E-state index in [4.69, 9.17) is 0 Å². The number of imide groups is 1. The van der Waals surface area contributed by atoms with Crippen LogP contribution < -0.4 is 15.1 Å². The molecule has 0 radical (unpaired) electrons. The molecule has 42 heavy (non-hydrogen) atoms. The largest absolute Gasteiger partial charge is 0.508 e. The number of aromatic nitrogens is 1. The third-order valence-corrected chi connectivity index (χ3v) is 10.1. The Kier molecular flexibility index (Phi) is 7.20. The number of rotatable bonds is 6. The molecule has 3 aromatic carbocycles. The van der Waals surface area contributed by atoms with Gasteiger partial charge in [-0.1, -0.05) is 51.2 Å². The molecule has 2 N–H and O–H groups in total. The molecule has 4 aromatic rings. The highest BCUT2D eigenvalue weighted by atomic mass is 79.9. The van der Waals surface area contributed by atoms with Crippen molar-refractivity contribution in [3.63, 3.8) is 0 Å². The van der Waals surface area contributed by atoms with Crippen molar-refractivity contribution in [2.24, 2.45) is 5.92 Å². The molecule has 11 nitrogen and oxygen atoms in total. The first kappa shape index (κ1) is 27.9. The van der Waals surface area contributed by atoms with E-state index in [0.717, 1.165) is 38.0 Å². The minimum absolute atomic E-state index is 0.0409. The molecule has 3 atom stereocenters. The standard InChI is InChI=1S/C28H19BrN4O7S2/c29-15-3-1-2-14(12-15)21-22-23(26(37)32(25(22)36)17-6-8-18(9-7-17)33(39)40)41-27-24(21)42-28(38)31(27)13-20(35)30-16-4-10-19(34)11-5-16/h1-12,21-23,34H,13H2,(H,30,35)/t21-,22?,23?/m1/s1. The Hall–Kier alpha value is -4.27. The summed E-state index contributed by atoms with van der Waals surface area (Å²) in [6.45, 7) is -0.324. The second-order valence-electron chi connectivity index (χ2n) is 9.60. The average molecular weight is 668 g/mol. The number of carbonyl (C=O) groups is 3. The first-order chi connectivity index (χ1) is 20.1. The van der Waals surface area contributed by atoms with Crippen molar-refractivity contribution >= 4 is 73.8 Å². The van der Waals surface area contributed by atoms with Crippen LogP contribution in [0.1, 0.15) is 16.4 Å². The van der Waals surface area contributed by atoms with Crippen LogP contribution in [0.4, 0.5) is 17.1 Å². The summed E-state index contributed by atoms with van der Waals surface area (Å²) in [5.41, 5.74) is 1.19. The number of phenolic OH excluding ortho intramolecular Hbond substituents is 1. The first-order valence-electron chi connectivity index (χ1n) is 12.5. The van der Waals surface area contributed by atoms with E-state index in [1.54, 1.807) is 6.07 Å². The molecule has 3 amide bonds. The number of phenols is 1. The monoisotopic (exact) mass is 666 g/mol. The fourth-order valence-electron chi connectivity index (χ4n) is 5.18. The number of benzene rings is 3. The van der Waals surface area contributed by atoms with Crippen LogP contribution in [0.3, 0.4) is 0 Å². The molecule has 0 saturated carbocycles. The van der Waals surface area contributed by atoms with Gasteiger partial charge in [-0.2, -0.15) is 0 Å². The number of carbonyl (C=O) groups excluding carboxylic acids is 3. The van der Waals surface area contributed by atoms with Crippen molar-refractivity contribution in [3.8, 4) is 5.75 Å². The van der Waals surface area contributed by atoms with E-state index in [9.17, 15) is 34.4 Å². The van der Waals surface area contributed by atoms with Crippen molar-refractivity contribution in [1.29, 1.82) is 0 Å². The third kappa shape index (κ3) is 4.91. The van der Waals surface area contributed by atoms with Crippen molar-refractivity contribution in [1.82, 2.24) is 4.57 Å². The van der Waals surface area contributed by atoms with Gasteiger partial charge in [0.1, 0.15) is 17.5 Å². The number of nitrogens with one attached hydrogen (secondary N) is 1. The molecule has 1 fully saturated rings. The summed E-state index contributed by atoms with van der Waals surface area (Å²) in [6, 6.07) is 18.4. The molecule has 3 heterocycles. The topological polar surface area (TPSA) is 152 Å². The Balaban J connectivity index is 1.40. The summed E-state index contributed by atoms with van der Waals surface area (Å²) < 4.78 is 2.06. The van der Waals surface area contributed by atoms with E-state index in [1.807, 2.05) is 18.2 Å². The Morgan fingerprint density at radius 3 is 2.40 bits per heavy atom. The lowest BCUT2D eigenvalue weighted by Gasteiger charge is -2.30. The number of halogens is 1. The number of thioether (sulfide) groups is 1. The Bertz CT molecular complexity index is 1820. The molecule has 2 aliphatic heterocycles. The SMILES string of the molecule is O=C(Cn1c2c(sc1=O)[C@H](c1cccc(Br)c1)C1C(=O)N(c3ccc([N+](=O)[O-])cc3)C(=O)C1S2)Nc1ccc(O)cc1. The summed E-state index contributed by atoms with van der Waals surface area (Å²) in [4.78, 5) is 65.7. The number of nitro benzene ring substituents is 1. The summed E-state index contributed by atoms with van der Waals surface area (Å²) in [5.74, 6) is -2.92. The number of anilines is 2. The lowest BCUT2D eigenvalue weighted by molar-refractivity contribution is -0.384. The fraction of sp³-hybridized carbons (Fsp3) is 0.143. The number of hydrogen-bond acceptors (Lipinski definition) is 9. The quantitative estimate of drug-likeness (QED) is 0.130. The van der Waals surface area contributed by atoms with Gasteiger partial charge >= 0.3 is 4.87 Å². The summed E-state index contributed by atoms with van der Waals surface area (Å²) in [7, 11) is 0. The summed E-state index contributed by atoms with van der Waals surface area (Å²) >= 11 is 5.48. The van der Waals surface area contributed by atoms with Crippen molar-refractivity contribution in [3.05, 3.63) is 107 Å². The van der Waals surface area contributed by atoms with Gasteiger partial charge in [0.15, 0.2) is 0 Å². The molecular weight excluding hydrogens is 648 g/mol. The number of hydrogen-bond donors (Lipinski definition) is 2. The van der Waals surface area contributed by atoms with Crippen molar-refractivity contribution in [2.45, 2.75) is 22.7 Å². The fourth-order valence-corrected chi connectivity index (χ4v) is 8.37. The number of thiazole rings is 1. The molecule has 0 bridgehead atoms. The van der Waals surface area contributed by atoms with E-state index < -0.39 is 44.6 Å². The molecule has 14 heteroatoms. The Labute approximate surface area is 254 Å². The van der Waals surface area contributed by atoms with Gasteiger partial charge in [-0.3, -0.25) is 33.9 Å². The zero-order valence-corrected chi connectivity index (χ0v) is 24.5. The molecule has 212 valence electrons. The van der Waals surface area contributed by atoms with Crippen LogP contribution in [0.5, 0.6) is 5.75 Å². The Morgan fingerprint density at radius 2 is 1.74 bits per heavy atom. The predicted molar refractivity (Wildman–Crippen MR) is 160 cm³/mol. The maximum atomic E-state index is 13.9. The highest BCUT2D eigenvalue weighted by Gasteiger charge is 2.56. The summed E-state index contributed by atoms with van der Waals surface area (Å²) in [6.07, 6.45) is 0. The minimum Gasteiger partial charge on any atom is -0.508 e.